The van der Waals surface area contributed by atoms with E-state index in [2.05, 4.69) is 11.2 Å². The molecule has 5 heteroatoms. The van der Waals surface area contributed by atoms with Gasteiger partial charge in [0.15, 0.2) is 6.10 Å². The van der Waals surface area contributed by atoms with Crippen molar-refractivity contribution in [1.29, 1.82) is 0 Å². The van der Waals surface area contributed by atoms with E-state index in [1.54, 1.807) is 25.1 Å². The minimum Gasteiger partial charge on any atom is -0.479 e. The van der Waals surface area contributed by atoms with E-state index < -0.39 is 6.10 Å². The first-order chi connectivity index (χ1) is 8.04. The fourth-order valence-corrected chi connectivity index (χ4v) is 1.55. The van der Waals surface area contributed by atoms with Gasteiger partial charge in [0, 0.05) is 5.02 Å². The standard InChI is InChI=1S/C12H11Cl2NO2/c1-3-6-15-12(16)8(2)17-11-5-4-9(13)7-10(11)14/h1,4-5,7-8H,6H2,2H3,(H,15,16). The molecule has 1 N–H and O–H groups in total. The van der Waals surface area contributed by atoms with E-state index in [1.165, 1.54) is 0 Å². The summed E-state index contributed by atoms with van der Waals surface area (Å²) in [6.07, 6.45) is 4.35. The van der Waals surface area contributed by atoms with Crippen LogP contribution in [0.25, 0.3) is 0 Å². The average Bonchev–Trinajstić information content (AvgIpc) is 2.29. The Morgan fingerprint density at radius 3 is 2.88 bits per heavy atom. The van der Waals surface area contributed by atoms with Crippen molar-refractivity contribution in [1.82, 2.24) is 5.32 Å². The molecule has 0 radical (unpaired) electrons. The molecule has 0 spiro atoms. The highest BCUT2D eigenvalue weighted by atomic mass is 35.5. The quantitative estimate of drug-likeness (QED) is 0.855. The largest absolute Gasteiger partial charge is 0.479 e. The van der Waals surface area contributed by atoms with Gasteiger partial charge in [-0.05, 0) is 25.1 Å². The summed E-state index contributed by atoms with van der Waals surface area (Å²) in [4.78, 5) is 11.5. The molecule has 0 saturated carbocycles. The Morgan fingerprint density at radius 2 is 2.29 bits per heavy atom. The summed E-state index contributed by atoms with van der Waals surface area (Å²) in [5.74, 6) is 2.41. The van der Waals surface area contributed by atoms with Crippen LogP contribution >= 0.6 is 23.2 Å². The number of carbonyl (C=O) groups is 1. The molecule has 0 aliphatic rings. The van der Waals surface area contributed by atoms with Crippen molar-refractivity contribution < 1.29 is 9.53 Å². The number of amides is 1. The van der Waals surface area contributed by atoms with Crippen LogP contribution in [0.15, 0.2) is 18.2 Å². The number of rotatable bonds is 4. The number of terminal acetylenes is 1. The molecule has 0 aliphatic carbocycles. The van der Waals surface area contributed by atoms with E-state index in [-0.39, 0.29) is 12.5 Å². The predicted molar refractivity (Wildman–Crippen MR) is 68.4 cm³/mol. The van der Waals surface area contributed by atoms with Crippen LogP contribution in [-0.2, 0) is 4.79 Å². The lowest BCUT2D eigenvalue weighted by Crippen LogP contribution is -2.36. The molecule has 0 aromatic heterocycles. The minimum absolute atomic E-state index is 0.168. The van der Waals surface area contributed by atoms with Gasteiger partial charge in [-0.25, -0.2) is 0 Å². The molecule has 17 heavy (non-hydrogen) atoms. The lowest BCUT2D eigenvalue weighted by Gasteiger charge is -2.14. The molecular weight excluding hydrogens is 261 g/mol. The molecule has 1 rings (SSSR count). The van der Waals surface area contributed by atoms with E-state index in [9.17, 15) is 4.79 Å². The van der Waals surface area contributed by atoms with E-state index in [0.29, 0.717) is 15.8 Å². The van der Waals surface area contributed by atoms with Crippen LogP contribution in [0.3, 0.4) is 0 Å². The molecule has 90 valence electrons. The zero-order chi connectivity index (χ0) is 12.8. The topological polar surface area (TPSA) is 38.3 Å². The van der Waals surface area contributed by atoms with E-state index in [0.717, 1.165) is 0 Å². The first-order valence-electron chi connectivity index (χ1n) is 4.87. The molecular formula is C12H11Cl2NO2. The molecule has 0 aliphatic heterocycles. The van der Waals surface area contributed by atoms with Gasteiger partial charge in [0.2, 0.25) is 0 Å². The van der Waals surface area contributed by atoms with Crippen molar-refractivity contribution in [2.24, 2.45) is 0 Å². The predicted octanol–water partition coefficient (Wildman–Crippen LogP) is 2.51. The lowest BCUT2D eigenvalue weighted by atomic mass is 10.3. The monoisotopic (exact) mass is 271 g/mol. The van der Waals surface area contributed by atoms with Crippen LogP contribution in [-0.4, -0.2) is 18.6 Å². The normalized spacial score (nSPS) is 11.4. The zero-order valence-corrected chi connectivity index (χ0v) is 10.7. The summed E-state index contributed by atoms with van der Waals surface area (Å²) in [6.45, 7) is 1.78. The van der Waals surface area contributed by atoms with Crippen molar-refractivity contribution in [3.63, 3.8) is 0 Å². The number of nitrogens with one attached hydrogen (secondary N) is 1. The fourth-order valence-electron chi connectivity index (χ4n) is 1.10. The van der Waals surface area contributed by atoms with Crippen LogP contribution in [0.2, 0.25) is 10.0 Å². The van der Waals surface area contributed by atoms with Gasteiger partial charge in [-0.15, -0.1) is 6.42 Å². The number of carbonyl (C=O) groups excluding carboxylic acids is 1. The van der Waals surface area contributed by atoms with Gasteiger partial charge >= 0.3 is 0 Å². The maximum atomic E-state index is 11.5. The van der Waals surface area contributed by atoms with Crippen LogP contribution in [0, 0.1) is 12.3 Å². The van der Waals surface area contributed by atoms with Crippen molar-refractivity contribution in [2.45, 2.75) is 13.0 Å². The maximum Gasteiger partial charge on any atom is 0.261 e. The highest BCUT2D eigenvalue weighted by Gasteiger charge is 2.15. The molecule has 0 saturated heterocycles. The first kappa shape index (κ1) is 13.7. The van der Waals surface area contributed by atoms with Gasteiger partial charge in [-0.2, -0.15) is 0 Å². The lowest BCUT2D eigenvalue weighted by molar-refractivity contribution is -0.126. The molecule has 0 bridgehead atoms. The second-order valence-corrected chi connectivity index (χ2v) is 4.10. The van der Waals surface area contributed by atoms with Gasteiger partial charge < -0.3 is 10.1 Å². The SMILES string of the molecule is C#CCNC(=O)C(C)Oc1ccc(Cl)cc1Cl. The van der Waals surface area contributed by atoms with Crippen LogP contribution < -0.4 is 10.1 Å². The third-order valence-electron chi connectivity index (χ3n) is 1.93. The van der Waals surface area contributed by atoms with Crippen molar-refractivity contribution >= 4 is 29.1 Å². The number of halogens is 2. The number of hydrogen-bond acceptors (Lipinski definition) is 2. The molecule has 1 unspecified atom stereocenters. The molecule has 1 aromatic rings. The number of benzene rings is 1. The molecule has 3 nitrogen and oxygen atoms in total. The molecule has 1 amide bonds. The van der Waals surface area contributed by atoms with Gasteiger partial charge in [-0.3, -0.25) is 4.79 Å². The van der Waals surface area contributed by atoms with Crippen LogP contribution in [0.1, 0.15) is 6.92 Å². The number of hydrogen-bond donors (Lipinski definition) is 1. The Kier molecular flexibility index (Phi) is 5.14. The van der Waals surface area contributed by atoms with Gasteiger partial charge in [0.05, 0.1) is 11.6 Å². The van der Waals surface area contributed by atoms with Crippen molar-refractivity contribution in [2.75, 3.05) is 6.54 Å². The van der Waals surface area contributed by atoms with Crippen LogP contribution in [0.4, 0.5) is 0 Å². The first-order valence-corrected chi connectivity index (χ1v) is 5.63. The van der Waals surface area contributed by atoms with Crippen molar-refractivity contribution in [3.05, 3.63) is 28.2 Å². The second-order valence-electron chi connectivity index (χ2n) is 3.26. The minimum atomic E-state index is -0.679. The van der Waals surface area contributed by atoms with Crippen LogP contribution in [0.5, 0.6) is 5.75 Å². The van der Waals surface area contributed by atoms with Gasteiger partial charge in [0.25, 0.3) is 5.91 Å². The van der Waals surface area contributed by atoms with Gasteiger partial charge in [-0.1, -0.05) is 29.1 Å². The summed E-state index contributed by atoms with van der Waals surface area (Å²) in [6, 6.07) is 4.79. The fraction of sp³-hybridized carbons (Fsp3) is 0.250. The molecule has 0 fully saturated rings. The highest BCUT2D eigenvalue weighted by molar-refractivity contribution is 6.35. The Labute approximate surface area is 110 Å². The Balaban J connectivity index is 2.65. The maximum absolute atomic E-state index is 11.5. The summed E-state index contributed by atoms with van der Waals surface area (Å²) >= 11 is 11.7. The van der Waals surface area contributed by atoms with Crippen molar-refractivity contribution in [3.8, 4) is 18.1 Å². The number of ether oxygens (including phenoxy) is 1. The molecule has 1 atom stereocenters. The van der Waals surface area contributed by atoms with E-state index in [1.807, 2.05) is 0 Å². The Hall–Kier alpha value is -1.37. The zero-order valence-electron chi connectivity index (χ0n) is 9.17. The second kappa shape index (κ2) is 6.39. The highest BCUT2D eigenvalue weighted by Crippen LogP contribution is 2.28. The third kappa shape index (κ3) is 4.18. The smallest absolute Gasteiger partial charge is 0.261 e. The van der Waals surface area contributed by atoms with Gasteiger partial charge in [0.1, 0.15) is 5.75 Å². The summed E-state index contributed by atoms with van der Waals surface area (Å²) in [5, 5.41) is 3.38. The average molecular weight is 272 g/mol. The van der Waals surface area contributed by atoms with E-state index in [4.69, 9.17) is 34.4 Å². The Bertz CT molecular complexity index is 454. The summed E-state index contributed by atoms with van der Waals surface area (Å²) in [5.41, 5.74) is 0. The summed E-state index contributed by atoms with van der Waals surface area (Å²) in [7, 11) is 0. The molecule has 1 aromatic carbocycles. The third-order valence-corrected chi connectivity index (χ3v) is 2.46. The summed E-state index contributed by atoms with van der Waals surface area (Å²) < 4.78 is 5.39. The van der Waals surface area contributed by atoms with E-state index >= 15 is 0 Å². The Morgan fingerprint density at radius 1 is 1.59 bits per heavy atom. The molecule has 0 heterocycles.